The van der Waals surface area contributed by atoms with Crippen LogP contribution in [0.2, 0.25) is 0 Å². The van der Waals surface area contributed by atoms with Crippen LogP contribution in [0, 0.1) is 17.8 Å². The van der Waals surface area contributed by atoms with Gasteiger partial charge >= 0.3 is 12.3 Å². The molecule has 3 heterocycles. The Hall–Kier alpha value is -4.88. The minimum atomic E-state index is -4.87. The van der Waals surface area contributed by atoms with E-state index < -0.39 is 97.5 Å². The van der Waals surface area contributed by atoms with Crippen molar-refractivity contribution in [1.29, 1.82) is 0 Å². The average molecular weight is 881 g/mol. The summed E-state index contributed by atoms with van der Waals surface area (Å²) in [4.78, 5) is 65.9. The van der Waals surface area contributed by atoms with E-state index in [0.717, 1.165) is 7.11 Å². The number of fused-ring (bicyclic) bond motifs is 3. The maximum absolute atomic E-state index is 15.0. The van der Waals surface area contributed by atoms with Gasteiger partial charge in [0.05, 0.1) is 36.5 Å². The highest BCUT2D eigenvalue weighted by Gasteiger charge is 2.63. The predicted octanol–water partition coefficient (Wildman–Crippen LogP) is 5.18. The first-order valence-corrected chi connectivity index (χ1v) is 22.0. The van der Waals surface area contributed by atoms with Crippen LogP contribution in [-0.2, 0) is 35.3 Å². The SMILES string of the molecule is CC[C@@H]1C[C@H](C)CC/C=C\[C@@H]2C[C@@]2(C(=O)NS(=O)(=O)C2(C)CC2)NC(=O)[C@@H]2C[C@@H](Oc3cc4nc(OC)c(C(F)(F)F)nc4cc3OC)CN2C(=O)[C@H]1NC(=O)OC(C)(C)C. The number of nitrogens with one attached hydrogen (secondary N) is 3. The van der Waals surface area contributed by atoms with Gasteiger partial charge in [0.15, 0.2) is 11.5 Å². The van der Waals surface area contributed by atoms with E-state index >= 15 is 0 Å². The second kappa shape index (κ2) is 16.8. The molecule has 3 fully saturated rings. The van der Waals surface area contributed by atoms with Gasteiger partial charge in [0.25, 0.3) is 5.91 Å². The zero-order valence-corrected chi connectivity index (χ0v) is 36.4. The second-order valence-corrected chi connectivity index (χ2v) is 20.0. The van der Waals surface area contributed by atoms with Gasteiger partial charge < -0.3 is 34.5 Å². The summed E-state index contributed by atoms with van der Waals surface area (Å²) in [5.74, 6) is -3.89. The zero-order valence-electron chi connectivity index (χ0n) is 35.6. The number of aromatic nitrogens is 2. The van der Waals surface area contributed by atoms with Crippen molar-refractivity contribution in [2.24, 2.45) is 17.8 Å². The molecule has 2 aliphatic carbocycles. The molecule has 1 aromatic carbocycles. The van der Waals surface area contributed by atoms with E-state index in [4.69, 9.17) is 18.9 Å². The molecule has 336 valence electrons. The standard InChI is InChI=1S/C41H55F3N6O10S/c1-9-23-16-22(2)12-10-11-13-24-20-40(24,36(53)49-61(55,56)39(6)14-15-39)48-33(51)28-17-25(21-50(28)35(52)31(23)47-37(54)60-38(3,4)5)59-30-19-27-26(18-29(30)57-7)45-32(41(42,43)44)34(46-27)58-8/h11,13,18-19,22-25,28,31H,9-10,12,14-17,20-21H2,1-8H3,(H,47,54)(H,48,51)(H,49,53)/b13-11-/t22-,23-,24-,25-,28+,31+,40-/m1/s1. The van der Waals surface area contributed by atoms with Gasteiger partial charge in [-0.15, -0.1) is 0 Å². The van der Waals surface area contributed by atoms with Gasteiger partial charge in [-0.3, -0.25) is 19.1 Å². The maximum atomic E-state index is 15.0. The van der Waals surface area contributed by atoms with Gasteiger partial charge in [0.2, 0.25) is 33.4 Å². The fraction of sp³-hybridized carbons (Fsp3) is 0.659. The highest BCUT2D eigenvalue weighted by Crippen LogP contribution is 2.48. The lowest BCUT2D eigenvalue weighted by atomic mass is 9.85. The van der Waals surface area contributed by atoms with Crippen LogP contribution in [0.3, 0.4) is 0 Å². The number of carbonyl (C=O) groups excluding carboxylic acids is 4. The molecule has 2 aliphatic heterocycles. The largest absolute Gasteiger partial charge is 0.493 e. The van der Waals surface area contributed by atoms with Gasteiger partial charge in [-0.25, -0.2) is 23.2 Å². The fourth-order valence-electron chi connectivity index (χ4n) is 8.06. The molecule has 1 aromatic heterocycles. The average Bonchev–Trinajstić information content (AvgIpc) is 4.05. The van der Waals surface area contributed by atoms with Gasteiger partial charge in [-0.2, -0.15) is 13.2 Å². The number of carbonyl (C=O) groups is 4. The number of halogens is 3. The molecule has 7 atom stereocenters. The Balaban J connectivity index is 1.39. The van der Waals surface area contributed by atoms with Crippen LogP contribution in [0.25, 0.3) is 11.0 Å². The zero-order chi connectivity index (χ0) is 44.9. The molecular weight excluding hydrogens is 826 g/mol. The number of hydrogen-bond acceptors (Lipinski definition) is 12. The summed E-state index contributed by atoms with van der Waals surface area (Å²) in [7, 11) is -1.77. The van der Waals surface area contributed by atoms with E-state index in [9.17, 15) is 40.8 Å². The quantitative estimate of drug-likeness (QED) is 0.279. The number of ether oxygens (including phenoxy) is 4. The van der Waals surface area contributed by atoms with E-state index in [1.165, 1.54) is 24.1 Å². The van der Waals surface area contributed by atoms with Crippen LogP contribution >= 0.6 is 0 Å². The second-order valence-electron chi connectivity index (χ2n) is 17.8. The Morgan fingerprint density at radius 3 is 2.31 bits per heavy atom. The van der Waals surface area contributed by atoms with Crippen molar-refractivity contribution < 1.29 is 59.7 Å². The molecule has 4 amide bonds. The molecule has 61 heavy (non-hydrogen) atoms. The third kappa shape index (κ3) is 9.78. The van der Waals surface area contributed by atoms with E-state index in [0.29, 0.717) is 38.5 Å². The summed E-state index contributed by atoms with van der Waals surface area (Å²) in [5, 5.41) is 5.62. The Labute approximate surface area is 353 Å². The smallest absolute Gasteiger partial charge is 0.438 e. The van der Waals surface area contributed by atoms with E-state index in [1.54, 1.807) is 27.7 Å². The van der Waals surface area contributed by atoms with Crippen LogP contribution in [0.1, 0.15) is 98.6 Å². The predicted molar refractivity (Wildman–Crippen MR) is 215 cm³/mol. The number of allylic oxidation sites excluding steroid dienone is 1. The third-order valence-electron chi connectivity index (χ3n) is 12.0. The molecule has 16 nitrogen and oxygen atoms in total. The lowest BCUT2D eigenvalue weighted by Gasteiger charge is -2.34. The first kappa shape index (κ1) is 45.6. The summed E-state index contributed by atoms with van der Waals surface area (Å²) < 4.78 is 91.3. The van der Waals surface area contributed by atoms with Crippen molar-refractivity contribution >= 4 is 44.9 Å². The van der Waals surface area contributed by atoms with Crippen molar-refractivity contribution in [3.05, 3.63) is 30.0 Å². The lowest BCUT2D eigenvalue weighted by Crippen LogP contribution is -2.59. The van der Waals surface area contributed by atoms with Crippen LogP contribution in [0.4, 0.5) is 18.0 Å². The van der Waals surface area contributed by atoms with Gasteiger partial charge in [0, 0.05) is 24.5 Å². The number of sulfonamides is 1. The van der Waals surface area contributed by atoms with Crippen molar-refractivity contribution in [3.8, 4) is 17.4 Å². The summed E-state index contributed by atoms with van der Waals surface area (Å²) in [6.07, 6.45) is 0.109. The van der Waals surface area contributed by atoms with E-state index in [1.807, 2.05) is 26.0 Å². The minimum absolute atomic E-state index is 0.0115. The molecule has 2 saturated carbocycles. The first-order valence-electron chi connectivity index (χ1n) is 20.5. The minimum Gasteiger partial charge on any atom is -0.493 e. The fourth-order valence-corrected chi connectivity index (χ4v) is 9.37. The summed E-state index contributed by atoms with van der Waals surface area (Å²) in [6.45, 7) is 10.3. The van der Waals surface area contributed by atoms with Gasteiger partial charge in [-0.05, 0) is 78.1 Å². The molecule has 1 saturated heterocycles. The molecular formula is C41H55F3N6O10S. The number of alkyl carbamates (subject to hydrolysis) is 1. The molecule has 0 bridgehead atoms. The number of nitrogens with zero attached hydrogens (tertiary/aromatic N) is 3. The monoisotopic (exact) mass is 880 g/mol. The Morgan fingerprint density at radius 2 is 1.70 bits per heavy atom. The van der Waals surface area contributed by atoms with Crippen molar-refractivity contribution in [1.82, 2.24) is 30.2 Å². The normalized spacial score (nSPS) is 28.5. The Kier molecular flexibility index (Phi) is 12.5. The van der Waals surface area contributed by atoms with Crippen LogP contribution in [0.15, 0.2) is 24.3 Å². The number of methoxy groups -OCH3 is 2. The Bertz CT molecular complexity index is 2190. The Morgan fingerprint density at radius 1 is 1.03 bits per heavy atom. The van der Waals surface area contributed by atoms with Crippen molar-refractivity contribution in [2.75, 3.05) is 20.8 Å². The van der Waals surface area contributed by atoms with Gasteiger partial charge in [0.1, 0.15) is 29.3 Å². The number of alkyl halides is 3. The lowest BCUT2D eigenvalue weighted by molar-refractivity contribution is -0.142. The number of rotatable bonds is 9. The number of benzene rings is 1. The molecule has 20 heteroatoms. The van der Waals surface area contributed by atoms with Crippen molar-refractivity contribution in [2.45, 2.75) is 133 Å². The molecule has 6 rings (SSSR count). The molecule has 0 spiro atoms. The van der Waals surface area contributed by atoms with Gasteiger partial charge in [-0.1, -0.05) is 32.4 Å². The molecule has 2 aromatic rings. The third-order valence-corrected chi connectivity index (χ3v) is 14.1. The van der Waals surface area contributed by atoms with Crippen LogP contribution < -0.4 is 29.6 Å². The number of hydrogen-bond donors (Lipinski definition) is 3. The van der Waals surface area contributed by atoms with E-state index in [2.05, 4.69) is 25.3 Å². The summed E-state index contributed by atoms with van der Waals surface area (Å²) in [6, 6.07) is 0.0671. The topological polar surface area (TPSA) is 204 Å². The summed E-state index contributed by atoms with van der Waals surface area (Å²) >= 11 is 0. The maximum Gasteiger partial charge on any atom is 0.438 e. The van der Waals surface area contributed by atoms with Crippen LogP contribution in [-0.4, -0.2) is 102 Å². The summed E-state index contributed by atoms with van der Waals surface area (Å²) in [5.41, 5.74) is -4.07. The first-order chi connectivity index (χ1) is 28.4. The van der Waals surface area contributed by atoms with E-state index in [-0.39, 0.29) is 47.8 Å². The highest BCUT2D eigenvalue weighted by atomic mass is 32.2. The highest BCUT2D eigenvalue weighted by molar-refractivity contribution is 7.91. The molecule has 0 unspecified atom stereocenters. The molecule has 3 N–H and O–H groups in total. The molecule has 4 aliphatic rings. The van der Waals surface area contributed by atoms with Crippen molar-refractivity contribution in [3.63, 3.8) is 0 Å². The molecule has 0 radical (unpaired) electrons. The number of amides is 4. The van der Waals surface area contributed by atoms with Crippen LogP contribution in [0.5, 0.6) is 17.4 Å².